The summed E-state index contributed by atoms with van der Waals surface area (Å²) in [5.74, 6) is -0.183. The second-order valence-electron chi connectivity index (χ2n) is 8.46. The molecule has 0 unspecified atom stereocenters. The zero-order chi connectivity index (χ0) is 25.0. The second-order valence-corrected chi connectivity index (χ2v) is 8.89. The Balaban J connectivity index is 1.32. The number of nitrogens with two attached hydrogens (primary N) is 1. The molecule has 1 aromatic carbocycles. The van der Waals surface area contributed by atoms with Gasteiger partial charge >= 0.3 is 0 Å². The molecule has 6 rings (SSSR count). The third kappa shape index (κ3) is 3.73. The number of pyridine rings is 1. The maximum Gasteiger partial charge on any atom is 0.247 e. The SMILES string of the molecule is [2H]c1cc(Cl)cc(C2=CC(=O)N3[C@H](CC[C@@H]3c3ncc(-c4ccc(N)nc4F)[nH]3)C2)c1-n1cnnn1. The molecule has 0 spiro atoms. The van der Waals surface area contributed by atoms with E-state index in [0.29, 0.717) is 40.6 Å². The van der Waals surface area contributed by atoms with E-state index in [1.165, 1.54) is 29.3 Å². The van der Waals surface area contributed by atoms with E-state index in [2.05, 4.69) is 30.5 Å². The Hall–Kier alpha value is -4.12. The van der Waals surface area contributed by atoms with Crippen LogP contribution >= 0.6 is 11.6 Å². The largest absolute Gasteiger partial charge is 0.384 e. The van der Waals surface area contributed by atoms with Crippen LogP contribution in [0.5, 0.6) is 0 Å². The number of carbonyl (C=O) groups excluding carboxylic acids is 1. The first kappa shape index (κ1) is 20.3. The van der Waals surface area contributed by atoms with Crippen molar-refractivity contribution >= 4 is 28.9 Å². The Morgan fingerprint density at radius 1 is 1.26 bits per heavy atom. The van der Waals surface area contributed by atoms with Crippen molar-refractivity contribution < 1.29 is 10.6 Å². The Labute approximate surface area is 205 Å². The highest BCUT2D eigenvalue weighted by atomic mass is 35.5. The molecule has 12 heteroatoms. The number of fused-ring (bicyclic) bond motifs is 1. The summed E-state index contributed by atoms with van der Waals surface area (Å²) in [5.41, 5.74) is 8.14. The minimum Gasteiger partial charge on any atom is -0.384 e. The van der Waals surface area contributed by atoms with E-state index < -0.39 is 5.95 Å². The van der Waals surface area contributed by atoms with E-state index in [1.54, 1.807) is 18.2 Å². The third-order valence-electron chi connectivity index (χ3n) is 6.39. The fraction of sp³-hybridized carbons (Fsp3) is 0.217. The molecule has 3 aromatic heterocycles. The standard InChI is InChI=1S/C23H19ClFN9O/c24-13-1-4-18(33-11-28-31-32-33)16(9-13)12-7-14-2-5-19(34(14)21(35)8-12)23-27-10-17(29-23)15-3-6-20(26)30-22(15)25/h1,3-4,6,8-11,14,19H,2,5,7H2,(H2,26,30)(H,27,29)/t14-,19-/m1/s1/i4D. The number of H-pyrrole nitrogens is 1. The molecule has 1 amide bonds. The molecule has 0 radical (unpaired) electrons. The van der Waals surface area contributed by atoms with E-state index in [1.807, 2.05) is 4.90 Å². The van der Waals surface area contributed by atoms with E-state index in [4.69, 9.17) is 18.7 Å². The van der Waals surface area contributed by atoms with Crippen molar-refractivity contribution in [2.24, 2.45) is 0 Å². The van der Waals surface area contributed by atoms with Gasteiger partial charge in [0.1, 0.15) is 18.0 Å². The summed E-state index contributed by atoms with van der Waals surface area (Å²) >= 11 is 6.27. The first-order valence-corrected chi connectivity index (χ1v) is 11.3. The lowest BCUT2D eigenvalue weighted by Gasteiger charge is -2.33. The van der Waals surface area contributed by atoms with Gasteiger partial charge in [-0.05, 0) is 65.6 Å². The average Bonchev–Trinajstić information content (AvgIpc) is 3.59. The molecule has 3 N–H and O–H groups in total. The molecule has 4 aromatic rings. The number of tetrazole rings is 1. The maximum absolute atomic E-state index is 14.3. The lowest BCUT2D eigenvalue weighted by atomic mass is 9.92. The molecular weight excluding hydrogens is 473 g/mol. The van der Waals surface area contributed by atoms with Crippen LogP contribution in [0.3, 0.4) is 0 Å². The maximum atomic E-state index is 14.3. The number of anilines is 1. The Morgan fingerprint density at radius 2 is 2.14 bits per heavy atom. The van der Waals surface area contributed by atoms with Crippen LogP contribution in [0.2, 0.25) is 5.02 Å². The van der Waals surface area contributed by atoms with Crippen molar-refractivity contribution in [3.05, 3.63) is 71.3 Å². The molecule has 2 aliphatic heterocycles. The zero-order valence-electron chi connectivity index (χ0n) is 19.2. The van der Waals surface area contributed by atoms with Gasteiger partial charge in [-0.2, -0.15) is 9.07 Å². The summed E-state index contributed by atoms with van der Waals surface area (Å²) in [6, 6.07) is 6.11. The van der Waals surface area contributed by atoms with Crippen molar-refractivity contribution in [1.29, 1.82) is 0 Å². The molecule has 176 valence electrons. The fourth-order valence-electron chi connectivity index (χ4n) is 4.86. The van der Waals surface area contributed by atoms with Crippen LogP contribution in [-0.2, 0) is 4.79 Å². The van der Waals surface area contributed by atoms with Gasteiger partial charge in [0.15, 0.2) is 0 Å². The summed E-state index contributed by atoms with van der Waals surface area (Å²) in [6.45, 7) is 0. The van der Waals surface area contributed by atoms with Crippen LogP contribution in [0.1, 0.15) is 38.1 Å². The minimum atomic E-state index is -0.690. The topological polar surface area (TPSA) is 132 Å². The number of hydrogen-bond acceptors (Lipinski definition) is 7. The van der Waals surface area contributed by atoms with Crippen LogP contribution in [0, 0.1) is 5.95 Å². The number of nitrogens with zero attached hydrogens (tertiary/aromatic N) is 7. The number of amides is 1. The van der Waals surface area contributed by atoms with Gasteiger partial charge in [0.2, 0.25) is 11.9 Å². The number of imidazole rings is 1. The quantitative estimate of drug-likeness (QED) is 0.417. The molecule has 2 atom stereocenters. The monoisotopic (exact) mass is 492 g/mol. The minimum absolute atomic E-state index is 0.0686. The fourth-order valence-corrected chi connectivity index (χ4v) is 5.03. The summed E-state index contributed by atoms with van der Waals surface area (Å²) in [7, 11) is 0. The van der Waals surface area contributed by atoms with Crippen molar-refractivity contribution in [1.82, 2.24) is 40.1 Å². The lowest BCUT2D eigenvalue weighted by molar-refractivity contribution is -0.129. The van der Waals surface area contributed by atoms with Crippen LogP contribution in [-0.4, -0.2) is 52.0 Å². The Kier molecular flexibility index (Phi) is 4.79. The van der Waals surface area contributed by atoms with E-state index >= 15 is 0 Å². The summed E-state index contributed by atoms with van der Waals surface area (Å²) in [5, 5.41) is 11.7. The van der Waals surface area contributed by atoms with Gasteiger partial charge in [-0.1, -0.05) is 11.6 Å². The van der Waals surface area contributed by atoms with Gasteiger partial charge in [-0.3, -0.25) is 4.79 Å². The first-order valence-electron chi connectivity index (χ1n) is 11.4. The molecule has 0 bridgehead atoms. The lowest BCUT2D eigenvalue weighted by Crippen LogP contribution is -2.39. The summed E-state index contributed by atoms with van der Waals surface area (Å²) in [6.07, 6.45) is 6.54. The molecule has 0 saturated carbocycles. The van der Waals surface area contributed by atoms with E-state index in [9.17, 15) is 9.18 Å². The predicted molar refractivity (Wildman–Crippen MR) is 126 cm³/mol. The highest BCUT2D eigenvalue weighted by Crippen LogP contribution is 2.43. The average molecular weight is 493 g/mol. The number of aromatic amines is 1. The van der Waals surface area contributed by atoms with E-state index in [0.717, 1.165) is 12.0 Å². The van der Waals surface area contributed by atoms with Crippen LogP contribution in [0.15, 0.2) is 48.9 Å². The number of nitrogens with one attached hydrogen (secondary N) is 1. The Bertz CT molecular complexity index is 1520. The van der Waals surface area contributed by atoms with Crippen molar-refractivity contribution in [2.45, 2.75) is 31.3 Å². The molecular formula is C23H19ClFN9O. The number of hydrogen-bond donors (Lipinski definition) is 2. The van der Waals surface area contributed by atoms with Crippen LogP contribution in [0.25, 0.3) is 22.5 Å². The van der Waals surface area contributed by atoms with Gasteiger partial charge in [0.05, 0.1) is 30.6 Å². The molecule has 5 heterocycles. The van der Waals surface area contributed by atoms with Gasteiger partial charge in [-0.15, -0.1) is 5.10 Å². The van der Waals surface area contributed by atoms with E-state index in [-0.39, 0.29) is 35.4 Å². The second kappa shape index (κ2) is 8.27. The number of aromatic nitrogens is 7. The highest BCUT2D eigenvalue weighted by molar-refractivity contribution is 6.30. The molecule has 2 aliphatic rings. The molecule has 1 fully saturated rings. The van der Waals surface area contributed by atoms with Crippen molar-refractivity contribution in [3.8, 4) is 16.9 Å². The third-order valence-corrected chi connectivity index (χ3v) is 6.61. The first-order chi connectivity index (χ1) is 17.4. The van der Waals surface area contributed by atoms with Crippen molar-refractivity contribution in [2.75, 3.05) is 5.73 Å². The van der Waals surface area contributed by atoms with Crippen LogP contribution in [0.4, 0.5) is 10.2 Å². The number of nitrogen functional groups attached to an aromatic ring is 1. The van der Waals surface area contributed by atoms with Crippen LogP contribution < -0.4 is 5.73 Å². The highest BCUT2D eigenvalue weighted by Gasteiger charge is 2.41. The molecule has 10 nitrogen and oxygen atoms in total. The predicted octanol–water partition coefficient (Wildman–Crippen LogP) is 3.34. The summed E-state index contributed by atoms with van der Waals surface area (Å²) in [4.78, 5) is 26.5. The van der Waals surface area contributed by atoms with Gasteiger partial charge in [0.25, 0.3) is 0 Å². The molecule has 0 aliphatic carbocycles. The smallest absolute Gasteiger partial charge is 0.247 e. The zero-order valence-corrected chi connectivity index (χ0v) is 18.9. The molecule has 1 saturated heterocycles. The molecule has 35 heavy (non-hydrogen) atoms. The number of halogens is 2. The summed E-state index contributed by atoms with van der Waals surface area (Å²) < 4.78 is 24.1. The van der Waals surface area contributed by atoms with Gasteiger partial charge < -0.3 is 15.6 Å². The Morgan fingerprint density at radius 3 is 2.94 bits per heavy atom. The van der Waals surface area contributed by atoms with Gasteiger partial charge in [-0.25, -0.2) is 9.97 Å². The number of rotatable bonds is 4. The number of carbonyl (C=O) groups is 1. The van der Waals surface area contributed by atoms with Gasteiger partial charge in [0, 0.05) is 22.7 Å². The normalized spacial score (nSPS) is 20.1. The number of benzene rings is 1. The van der Waals surface area contributed by atoms with Crippen molar-refractivity contribution in [3.63, 3.8) is 0 Å².